The summed E-state index contributed by atoms with van der Waals surface area (Å²) in [7, 11) is -1.66. The van der Waals surface area contributed by atoms with E-state index in [0.717, 1.165) is 12.8 Å². The van der Waals surface area contributed by atoms with Crippen molar-refractivity contribution in [2.75, 3.05) is 6.61 Å². The molecule has 1 N–H and O–H groups in total. The lowest BCUT2D eigenvalue weighted by Crippen LogP contribution is -2.45. The van der Waals surface area contributed by atoms with Gasteiger partial charge in [0.15, 0.2) is 0 Å². The number of hydrogen-bond acceptors (Lipinski definition) is 3. The molecule has 1 aromatic rings. The Morgan fingerprint density at radius 1 is 1.35 bits per heavy atom. The first-order chi connectivity index (χ1) is 12.1. The van der Waals surface area contributed by atoms with Crippen LogP contribution in [0.25, 0.3) is 0 Å². The van der Waals surface area contributed by atoms with Gasteiger partial charge in [0.05, 0.1) is 33.0 Å². The summed E-state index contributed by atoms with van der Waals surface area (Å²) >= 11 is 0. The SMILES string of the molecule is C[C@H](COCc1ccccc1)[C@@H]1CCC(C)(C(CC(=O)O)[Si](C)(C)C)O1. The first kappa shape index (κ1) is 21.1. The minimum absolute atomic E-state index is 0.120. The molecule has 2 unspecified atom stereocenters. The molecule has 5 heteroatoms. The van der Waals surface area contributed by atoms with Crippen LogP contribution in [0.2, 0.25) is 25.2 Å². The first-order valence-electron chi connectivity index (χ1n) is 9.63. The molecule has 26 heavy (non-hydrogen) atoms. The van der Waals surface area contributed by atoms with Gasteiger partial charge in [0.25, 0.3) is 0 Å². The second kappa shape index (κ2) is 8.68. The molecule has 0 spiro atoms. The predicted molar refractivity (Wildman–Crippen MR) is 107 cm³/mol. The third-order valence-electron chi connectivity index (χ3n) is 5.63. The Morgan fingerprint density at radius 2 is 2.00 bits per heavy atom. The van der Waals surface area contributed by atoms with Gasteiger partial charge in [-0.15, -0.1) is 0 Å². The van der Waals surface area contributed by atoms with Crippen molar-refractivity contribution in [1.29, 1.82) is 0 Å². The number of carboxylic acids is 1. The quantitative estimate of drug-likeness (QED) is 0.617. The molecule has 1 saturated heterocycles. The van der Waals surface area contributed by atoms with Crippen LogP contribution >= 0.6 is 0 Å². The maximum Gasteiger partial charge on any atom is 0.303 e. The molecule has 0 aliphatic carbocycles. The number of benzene rings is 1. The average Bonchev–Trinajstić information content (AvgIpc) is 2.96. The molecule has 1 heterocycles. The van der Waals surface area contributed by atoms with Gasteiger partial charge in [0, 0.05) is 12.3 Å². The molecule has 4 nitrogen and oxygen atoms in total. The van der Waals surface area contributed by atoms with E-state index in [4.69, 9.17) is 9.47 Å². The second-order valence-corrected chi connectivity index (χ2v) is 14.4. The molecule has 1 fully saturated rings. The Balaban J connectivity index is 1.91. The molecule has 1 aromatic carbocycles. The van der Waals surface area contributed by atoms with E-state index in [2.05, 4.69) is 45.6 Å². The van der Waals surface area contributed by atoms with Crippen molar-refractivity contribution >= 4 is 14.0 Å². The fourth-order valence-corrected chi connectivity index (χ4v) is 7.04. The lowest BCUT2D eigenvalue weighted by atomic mass is 9.94. The topological polar surface area (TPSA) is 55.8 Å². The van der Waals surface area contributed by atoms with Gasteiger partial charge in [-0.2, -0.15) is 0 Å². The highest BCUT2D eigenvalue weighted by Gasteiger charge is 2.49. The van der Waals surface area contributed by atoms with Gasteiger partial charge in [-0.1, -0.05) is 56.9 Å². The lowest BCUT2D eigenvalue weighted by Gasteiger charge is -2.41. The van der Waals surface area contributed by atoms with E-state index < -0.39 is 14.0 Å². The summed E-state index contributed by atoms with van der Waals surface area (Å²) in [5, 5.41) is 9.37. The van der Waals surface area contributed by atoms with E-state index >= 15 is 0 Å². The van der Waals surface area contributed by atoms with Crippen LogP contribution in [0.5, 0.6) is 0 Å². The fraction of sp³-hybridized carbons (Fsp3) is 0.667. The van der Waals surface area contributed by atoms with Crippen molar-refractivity contribution in [1.82, 2.24) is 0 Å². The largest absolute Gasteiger partial charge is 0.481 e. The molecule has 1 aliphatic heterocycles. The number of aliphatic carboxylic acids is 1. The number of ether oxygens (including phenoxy) is 2. The van der Waals surface area contributed by atoms with Gasteiger partial charge in [0.1, 0.15) is 0 Å². The molecule has 0 radical (unpaired) electrons. The lowest BCUT2D eigenvalue weighted by molar-refractivity contribution is -0.139. The number of carboxylic acid groups (broad SMARTS) is 1. The molecule has 0 amide bonds. The number of carbonyl (C=O) groups is 1. The van der Waals surface area contributed by atoms with E-state index in [1.165, 1.54) is 5.56 Å². The Bertz CT molecular complexity index is 583. The van der Waals surface area contributed by atoms with Crippen LogP contribution < -0.4 is 0 Å². The minimum Gasteiger partial charge on any atom is -0.481 e. The molecule has 0 aromatic heterocycles. The van der Waals surface area contributed by atoms with Crippen molar-refractivity contribution in [3.8, 4) is 0 Å². The third-order valence-corrected chi connectivity index (χ3v) is 8.54. The molecule has 2 rings (SSSR count). The molecule has 4 atom stereocenters. The smallest absolute Gasteiger partial charge is 0.303 e. The first-order valence-corrected chi connectivity index (χ1v) is 13.2. The molecular weight excluding hydrogens is 344 g/mol. The van der Waals surface area contributed by atoms with Crippen LogP contribution in [0, 0.1) is 5.92 Å². The zero-order valence-corrected chi connectivity index (χ0v) is 17.8. The van der Waals surface area contributed by atoms with Crippen LogP contribution in [0.1, 0.15) is 38.7 Å². The number of rotatable bonds is 9. The predicted octanol–water partition coefficient (Wildman–Crippen LogP) is 4.96. The highest BCUT2D eigenvalue weighted by Crippen LogP contribution is 2.47. The van der Waals surface area contributed by atoms with Gasteiger partial charge >= 0.3 is 5.97 Å². The van der Waals surface area contributed by atoms with Crippen LogP contribution in [0.3, 0.4) is 0 Å². The summed E-state index contributed by atoms with van der Waals surface area (Å²) in [6.07, 6.45) is 2.26. The van der Waals surface area contributed by atoms with Crippen LogP contribution in [-0.2, 0) is 20.9 Å². The standard InChI is InChI=1S/C21H34O4Si/c1-16(14-24-15-17-9-7-6-8-10-17)18-11-12-21(2,25-18)19(13-20(22)23)26(3,4)5/h6-10,16,18-19H,11-15H2,1-5H3,(H,22,23)/t16-,18+,19?,21?/m1/s1. The Labute approximate surface area is 158 Å². The third kappa shape index (κ3) is 5.66. The second-order valence-electron chi connectivity index (χ2n) is 9.00. The molecule has 0 saturated carbocycles. The van der Waals surface area contributed by atoms with E-state index in [0.29, 0.717) is 19.1 Å². The normalized spacial score (nSPS) is 25.8. The Kier molecular flexibility index (Phi) is 7.05. The molecular formula is C21H34O4Si. The highest BCUT2D eigenvalue weighted by molar-refractivity contribution is 6.78. The zero-order valence-electron chi connectivity index (χ0n) is 16.8. The maximum absolute atomic E-state index is 11.4. The van der Waals surface area contributed by atoms with Gasteiger partial charge in [-0.05, 0) is 30.9 Å². The monoisotopic (exact) mass is 378 g/mol. The van der Waals surface area contributed by atoms with Crippen molar-refractivity contribution < 1.29 is 19.4 Å². The van der Waals surface area contributed by atoms with Crippen molar-refractivity contribution in [3.63, 3.8) is 0 Å². The average molecular weight is 379 g/mol. The summed E-state index contributed by atoms with van der Waals surface area (Å²) in [5.74, 6) is -0.419. The number of hydrogen-bond donors (Lipinski definition) is 1. The van der Waals surface area contributed by atoms with Crippen LogP contribution in [0.15, 0.2) is 30.3 Å². The highest BCUT2D eigenvalue weighted by atomic mass is 28.3. The molecule has 146 valence electrons. The van der Waals surface area contributed by atoms with E-state index in [1.54, 1.807) is 0 Å². The molecule has 1 aliphatic rings. The van der Waals surface area contributed by atoms with Crippen molar-refractivity contribution in [2.45, 2.75) is 76.6 Å². The zero-order chi connectivity index (χ0) is 19.4. The summed E-state index contributed by atoms with van der Waals surface area (Å²) in [6, 6.07) is 10.2. The van der Waals surface area contributed by atoms with Crippen LogP contribution in [0.4, 0.5) is 0 Å². The summed E-state index contributed by atoms with van der Waals surface area (Å²) in [5.41, 5.74) is 0.966. The van der Waals surface area contributed by atoms with Gasteiger partial charge in [-0.25, -0.2) is 0 Å². The Morgan fingerprint density at radius 3 is 2.58 bits per heavy atom. The molecule has 0 bridgehead atoms. The van der Waals surface area contributed by atoms with E-state index in [9.17, 15) is 9.90 Å². The van der Waals surface area contributed by atoms with Gasteiger partial charge in [0.2, 0.25) is 0 Å². The summed E-state index contributed by atoms with van der Waals surface area (Å²) in [4.78, 5) is 11.4. The van der Waals surface area contributed by atoms with Gasteiger partial charge < -0.3 is 14.6 Å². The van der Waals surface area contributed by atoms with E-state index in [-0.39, 0.29) is 23.7 Å². The van der Waals surface area contributed by atoms with Crippen LogP contribution in [-0.4, -0.2) is 37.5 Å². The van der Waals surface area contributed by atoms with Crippen molar-refractivity contribution in [3.05, 3.63) is 35.9 Å². The van der Waals surface area contributed by atoms with E-state index in [1.807, 2.05) is 18.2 Å². The van der Waals surface area contributed by atoms with Gasteiger partial charge in [-0.3, -0.25) is 4.79 Å². The maximum atomic E-state index is 11.4. The summed E-state index contributed by atoms with van der Waals surface area (Å²) in [6.45, 7) is 12.3. The Hall–Kier alpha value is -1.17. The van der Waals surface area contributed by atoms with Crippen molar-refractivity contribution in [2.24, 2.45) is 5.92 Å². The fourth-order valence-electron chi connectivity index (χ4n) is 4.21. The minimum atomic E-state index is -1.66. The summed E-state index contributed by atoms with van der Waals surface area (Å²) < 4.78 is 12.4.